The molecular formula is C29H25ClN2O6S. The largest absolute Gasteiger partial charge is 0.497 e. The van der Waals surface area contributed by atoms with Crippen LogP contribution in [0.1, 0.15) is 31.2 Å². The minimum atomic E-state index is -0.839. The highest BCUT2D eigenvalue weighted by atomic mass is 35.5. The molecule has 0 fully saturated rings. The Balaban J connectivity index is 1.68. The number of methoxy groups -OCH3 is 2. The summed E-state index contributed by atoms with van der Waals surface area (Å²) in [6, 6.07) is 15.3. The molecule has 200 valence electrons. The molecule has 39 heavy (non-hydrogen) atoms. The van der Waals surface area contributed by atoms with E-state index in [-0.39, 0.29) is 17.7 Å². The molecular weight excluding hydrogens is 540 g/mol. The van der Waals surface area contributed by atoms with Gasteiger partial charge in [0.05, 0.1) is 36.6 Å². The van der Waals surface area contributed by atoms with Crippen molar-refractivity contribution in [3.05, 3.63) is 102 Å². The van der Waals surface area contributed by atoms with Crippen molar-refractivity contribution in [2.24, 2.45) is 4.99 Å². The second-order valence-electron chi connectivity index (χ2n) is 8.62. The molecule has 0 unspecified atom stereocenters. The number of fused-ring (bicyclic) bond motifs is 1. The molecule has 0 aliphatic carbocycles. The molecule has 10 heteroatoms. The number of thiazole rings is 1. The number of halogens is 1. The first-order valence-electron chi connectivity index (χ1n) is 12.1. The monoisotopic (exact) mass is 564 g/mol. The van der Waals surface area contributed by atoms with Gasteiger partial charge >= 0.3 is 5.97 Å². The molecule has 0 N–H and O–H groups in total. The number of rotatable bonds is 7. The quantitative estimate of drug-likeness (QED) is 0.301. The zero-order valence-corrected chi connectivity index (χ0v) is 23.3. The van der Waals surface area contributed by atoms with Gasteiger partial charge in [0, 0.05) is 22.2 Å². The number of ether oxygens (including phenoxy) is 3. The Morgan fingerprint density at radius 3 is 2.59 bits per heavy atom. The molecule has 4 aromatic rings. The van der Waals surface area contributed by atoms with Crippen LogP contribution in [0.15, 0.2) is 80.1 Å². The number of esters is 1. The van der Waals surface area contributed by atoms with Crippen molar-refractivity contribution in [3.8, 4) is 22.8 Å². The number of carbonyl (C=O) groups excluding carboxylic acids is 1. The van der Waals surface area contributed by atoms with Gasteiger partial charge in [-0.15, -0.1) is 0 Å². The predicted molar refractivity (Wildman–Crippen MR) is 149 cm³/mol. The molecule has 8 nitrogen and oxygen atoms in total. The van der Waals surface area contributed by atoms with Crippen LogP contribution < -0.4 is 24.4 Å². The highest BCUT2D eigenvalue weighted by molar-refractivity contribution is 7.07. The number of hydrogen-bond donors (Lipinski definition) is 0. The van der Waals surface area contributed by atoms with Gasteiger partial charge in [0.2, 0.25) is 0 Å². The summed E-state index contributed by atoms with van der Waals surface area (Å²) < 4.78 is 24.3. The molecule has 0 saturated carbocycles. The molecule has 2 aromatic heterocycles. The number of furan rings is 1. The van der Waals surface area contributed by atoms with Gasteiger partial charge < -0.3 is 18.6 Å². The second kappa shape index (κ2) is 11.0. The molecule has 1 aliphatic rings. The van der Waals surface area contributed by atoms with Gasteiger partial charge in [0.1, 0.15) is 29.1 Å². The lowest BCUT2D eigenvalue weighted by atomic mass is 9.95. The van der Waals surface area contributed by atoms with Crippen molar-refractivity contribution >= 4 is 35.0 Å². The molecule has 0 amide bonds. The maximum atomic E-state index is 13.9. The van der Waals surface area contributed by atoms with E-state index < -0.39 is 12.0 Å². The average molecular weight is 565 g/mol. The molecule has 0 saturated heterocycles. The lowest BCUT2D eigenvalue weighted by Crippen LogP contribution is -2.40. The molecule has 3 heterocycles. The Hall–Kier alpha value is -4.08. The topological polar surface area (TPSA) is 92.3 Å². The summed E-state index contributed by atoms with van der Waals surface area (Å²) in [6.45, 7) is 3.64. The van der Waals surface area contributed by atoms with Gasteiger partial charge in [-0.1, -0.05) is 22.9 Å². The molecule has 1 aliphatic heterocycles. The first-order chi connectivity index (χ1) is 18.8. The molecule has 0 bridgehead atoms. The molecule has 0 radical (unpaired) electrons. The lowest BCUT2D eigenvalue weighted by Gasteiger charge is -2.26. The predicted octanol–water partition coefficient (Wildman–Crippen LogP) is 4.73. The third-order valence-electron chi connectivity index (χ3n) is 6.28. The SMILES string of the molecule is CCOC(=O)C1=C(C)N=c2s/c(=C\c3ccc(-c4ccc(Cl)cc4)o3)c(=O)n2[C@@H]1c1cc(OC)ccc1OC. The van der Waals surface area contributed by atoms with E-state index in [9.17, 15) is 9.59 Å². The molecule has 0 spiro atoms. The van der Waals surface area contributed by atoms with Crippen molar-refractivity contribution in [1.29, 1.82) is 0 Å². The number of nitrogens with zero attached hydrogens (tertiary/aromatic N) is 2. The summed E-state index contributed by atoms with van der Waals surface area (Å²) in [5, 5.41) is 0.631. The van der Waals surface area contributed by atoms with E-state index in [2.05, 4.69) is 4.99 Å². The number of aromatic nitrogens is 1. The van der Waals surface area contributed by atoms with Gasteiger partial charge in [-0.2, -0.15) is 0 Å². The number of hydrogen-bond acceptors (Lipinski definition) is 8. The maximum Gasteiger partial charge on any atom is 0.338 e. The van der Waals surface area contributed by atoms with Gasteiger partial charge in [-0.3, -0.25) is 9.36 Å². The summed E-state index contributed by atoms with van der Waals surface area (Å²) in [4.78, 5) is 32.1. The first-order valence-corrected chi connectivity index (χ1v) is 13.3. The summed E-state index contributed by atoms with van der Waals surface area (Å²) in [5.74, 6) is 1.63. The number of allylic oxidation sites excluding steroid dienone is 1. The van der Waals surface area contributed by atoms with Crippen molar-refractivity contribution < 1.29 is 23.4 Å². The van der Waals surface area contributed by atoms with Crippen LogP contribution in [-0.2, 0) is 9.53 Å². The average Bonchev–Trinajstić information content (AvgIpc) is 3.52. The minimum Gasteiger partial charge on any atom is -0.497 e. The fraction of sp³-hybridized carbons (Fsp3) is 0.207. The van der Waals surface area contributed by atoms with E-state index in [1.807, 2.05) is 18.2 Å². The number of carbonyl (C=O) groups is 1. The van der Waals surface area contributed by atoms with Crippen LogP contribution in [-0.4, -0.2) is 31.4 Å². The molecule has 2 aromatic carbocycles. The standard InChI is InChI=1S/C29H25ClN2O6S/c1-5-37-28(34)25-16(2)31-29-32(26(25)21-14-19(35-3)10-13-23(21)36-4)27(33)24(39-29)15-20-11-12-22(38-20)17-6-8-18(30)9-7-17/h6-15,26H,5H2,1-4H3/b24-15-/t26-/m1/s1. The van der Waals surface area contributed by atoms with E-state index in [1.165, 1.54) is 23.0 Å². The third kappa shape index (κ3) is 5.03. The van der Waals surface area contributed by atoms with Crippen molar-refractivity contribution in [1.82, 2.24) is 4.57 Å². The smallest absolute Gasteiger partial charge is 0.338 e. The van der Waals surface area contributed by atoms with Crippen LogP contribution in [0.25, 0.3) is 17.4 Å². The van der Waals surface area contributed by atoms with E-state index >= 15 is 0 Å². The summed E-state index contributed by atoms with van der Waals surface area (Å²) in [7, 11) is 3.08. The van der Waals surface area contributed by atoms with Crippen LogP contribution in [0.2, 0.25) is 5.02 Å². The lowest BCUT2D eigenvalue weighted by molar-refractivity contribution is -0.139. The Morgan fingerprint density at radius 1 is 1.13 bits per heavy atom. The normalized spacial score (nSPS) is 15.1. The van der Waals surface area contributed by atoms with Gasteiger partial charge in [-0.25, -0.2) is 9.79 Å². The van der Waals surface area contributed by atoms with Crippen molar-refractivity contribution in [3.63, 3.8) is 0 Å². The highest BCUT2D eigenvalue weighted by Crippen LogP contribution is 2.37. The summed E-state index contributed by atoms with van der Waals surface area (Å²) >= 11 is 7.21. The van der Waals surface area contributed by atoms with E-state index in [1.54, 1.807) is 63.4 Å². The third-order valence-corrected chi connectivity index (χ3v) is 7.51. The van der Waals surface area contributed by atoms with Crippen LogP contribution >= 0.6 is 22.9 Å². The van der Waals surface area contributed by atoms with Gasteiger partial charge in [0.15, 0.2) is 4.80 Å². The van der Waals surface area contributed by atoms with Gasteiger partial charge in [-0.05, 0) is 68.4 Å². The Kier molecular flexibility index (Phi) is 7.45. The highest BCUT2D eigenvalue weighted by Gasteiger charge is 2.35. The van der Waals surface area contributed by atoms with Crippen molar-refractivity contribution in [2.45, 2.75) is 19.9 Å². The minimum absolute atomic E-state index is 0.177. The molecule has 1 atom stereocenters. The Labute approximate surface area is 233 Å². The van der Waals surface area contributed by atoms with E-state index in [0.29, 0.717) is 48.6 Å². The fourth-order valence-electron chi connectivity index (χ4n) is 4.47. The fourth-order valence-corrected chi connectivity index (χ4v) is 5.62. The van der Waals surface area contributed by atoms with Crippen LogP contribution in [0, 0.1) is 0 Å². The maximum absolute atomic E-state index is 13.9. The Morgan fingerprint density at radius 2 is 1.90 bits per heavy atom. The van der Waals surface area contributed by atoms with E-state index in [4.69, 9.17) is 30.2 Å². The summed E-state index contributed by atoms with van der Waals surface area (Å²) in [5.41, 5.74) is 1.82. The van der Waals surface area contributed by atoms with E-state index in [0.717, 1.165) is 5.56 Å². The van der Waals surface area contributed by atoms with Crippen LogP contribution in [0.5, 0.6) is 11.5 Å². The zero-order valence-electron chi connectivity index (χ0n) is 21.7. The van der Waals surface area contributed by atoms with Crippen LogP contribution in [0.4, 0.5) is 0 Å². The summed E-state index contributed by atoms with van der Waals surface area (Å²) in [6.07, 6.45) is 1.67. The van der Waals surface area contributed by atoms with Crippen LogP contribution in [0.3, 0.4) is 0 Å². The van der Waals surface area contributed by atoms with Gasteiger partial charge in [0.25, 0.3) is 5.56 Å². The molecule has 5 rings (SSSR count). The Bertz CT molecular complexity index is 1760. The number of benzene rings is 2. The first kappa shape index (κ1) is 26.5. The zero-order chi connectivity index (χ0) is 27.7. The second-order valence-corrected chi connectivity index (χ2v) is 10.1. The van der Waals surface area contributed by atoms with Crippen molar-refractivity contribution in [2.75, 3.05) is 20.8 Å².